The number of piperidine rings is 1. The molecule has 8 nitrogen and oxygen atoms in total. The highest BCUT2D eigenvalue weighted by molar-refractivity contribution is 5.80. The van der Waals surface area contributed by atoms with Crippen molar-refractivity contribution in [1.82, 2.24) is 15.1 Å². The Bertz CT molecular complexity index is 698. The van der Waals surface area contributed by atoms with Gasteiger partial charge in [0, 0.05) is 43.9 Å². The van der Waals surface area contributed by atoms with Gasteiger partial charge in [0.25, 0.3) is 5.69 Å². The van der Waals surface area contributed by atoms with Gasteiger partial charge in [-0.3, -0.25) is 14.9 Å². The van der Waals surface area contributed by atoms with Crippen LogP contribution in [0.5, 0.6) is 0 Å². The van der Waals surface area contributed by atoms with Gasteiger partial charge in [0.15, 0.2) is 0 Å². The van der Waals surface area contributed by atoms with Crippen LogP contribution in [0.25, 0.3) is 0 Å². The summed E-state index contributed by atoms with van der Waals surface area (Å²) in [6, 6.07) is 5.01. The van der Waals surface area contributed by atoms with Crippen molar-refractivity contribution in [3.8, 4) is 0 Å². The van der Waals surface area contributed by atoms with Crippen molar-refractivity contribution in [2.75, 3.05) is 26.2 Å². The minimum atomic E-state index is -0.421. The molecule has 1 aromatic rings. The van der Waals surface area contributed by atoms with Crippen LogP contribution >= 0.6 is 0 Å². The van der Waals surface area contributed by atoms with Gasteiger partial charge in [-0.15, -0.1) is 0 Å². The predicted octanol–water partition coefficient (Wildman–Crippen LogP) is 1.46. The fraction of sp³-hybridized carbons (Fsp3) is 0.529. The van der Waals surface area contributed by atoms with E-state index in [-0.39, 0.29) is 30.1 Å². The number of hydrogen-bond donors (Lipinski definition) is 1. The molecule has 0 aliphatic carbocycles. The second-order valence-corrected chi connectivity index (χ2v) is 6.53. The maximum absolute atomic E-state index is 12.6. The average Bonchev–Trinajstić information content (AvgIpc) is 3.02. The highest BCUT2D eigenvalue weighted by atomic mass is 16.6. The minimum absolute atomic E-state index is 0.0167. The van der Waals surface area contributed by atoms with E-state index in [1.807, 2.05) is 4.90 Å². The van der Waals surface area contributed by atoms with Crippen molar-refractivity contribution in [3.05, 3.63) is 39.4 Å². The number of urea groups is 1. The molecule has 1 aromatic carbocycles. The van der Waals surface area contributed by atoms with Gasteiger partial charge < -0.3 is 15.1 Å². The zero-order valence-electron chi connectivity index (χ0n) is 14.2. The quantitative estimate of drug-likeness (QED) is 0.659. The molecule has 0 aromatic heterocycles. The van der Waals surface area contributed by atoms with E-state index < -0.39 is 4.92 Å². The molecule has 25 heavy (non-hydrogen) atoms. The highest BCUT2D eigenvalue weighted by Crippen LogP contribution is 2.23. The number of nitrogens with one attached hydrogen (secondary N) is 1. The molecule has 0 bridgehead atoms. The van der Waals surface area contributed by atoms with Crippen molar-refractivity contribution in [2.24, 2.45) is 0 Å². The molecule has 2 aliphatic rings. The fourth-order valence-corrected chi connectivity index (χ4v) is 3.60. The Kier molecular flexibility index (Phi) is 4.87. The van der Waals surface area contributed by atoms with Crippen LogP contribution in [0.15, 0.2) is 18.2 Å². The second kappa shape index (κ2) is 7.08. The van der Waals surface area contributed by atoms with E-state index in [1.54, 1.807) is 24.0 Å². The zero-order chi connectivity index (χ0) is 18.0. The molecule has 8 heteroatoms. The molecule has 2 heterocycles. The van der Waals surface area contributed by atoms with Crippen LogP contribution < -0.4 is 5.32 Å². The van der Waals surface area contributed by atoms with E-state index in [1.165, 1.54) is 6.07 Å². The Labute approximate surface area is 145 Å². The maximum Gasteiger partial charge on any atom is 0.317 e. The van der Waals surface area contributed by atoms with E-state index >= 15 is 0 Å². The van der Waals surface area contributed by atoms with Gasteiger partial charge in [0.05, 0.1) is 11.3 Å². The molecule has 0 unspecified atom stereocenters. The molecular weight excluding hydrogens is 324 g/mol. The van der Waals surface area contributed by atoms with Gasteiger partial charge in [0.2, 0.25) is 5.91 Å². The molecule has 0 atom stereocenters. The summed E-state index contributed by atoms with van der Waals surface area (Å²) in [6.07, 6.45) is 1.71. The monoisotopic (exact) mass is 346 g/mol. The standard InChI is InChI=1S/C17H22N4O4/c1-12-13(3-2-4-15(12)21(24)25)11-16(22)19-8-5-14(6-9-19)20-10-7-18-17(20)23/h2-4,14H,5-11H2,1H3,(H,18,23). The lowest BCUT2D eigenvalue weighted by Crippen LogP contribution is -2.48. The number of likely N-dealkylation sites (tertiary alicyclic amines) is 1. The number of amides is 3. The largest absolute Gasteiger partial charge is 0.342 e. The lowest BCUT2D eigenvalue weighted by atomic mass is 10.0. The third-order valence-corrected chi connectivity index (χ3v) is 5.10. The van der Waals surface area contributed by atoms with E-state index in [2.05, 4.69) is 5.32 Å². The Morgan fingerprint density at radius 1 is 1.32 bits per heavy atom. The van der Waals surface area contributed by atoms with Crippen molar-refractivity contribution in [1.29, 1.82) is 0 Å². The SMILES string of the molecule is Cc1c(CC(=O)N2CCC(N3CCNC3=O)CC2)cccc1[N+](=O)[O-]. The third-order valence-electron chi connectivity index (χ3n) is 5.10. The number of rotatable bonds is 4. The van der Waals surface area contributed by atoms with Gasteiger partial charge in [0.1, 0.15) is 0 Å². The molecule has 2 fully saturated rings. The average molecular weight is 346 g/mol. The van der Waals surface area contributed by atoms with E-state index in [0.717, 1.165) is 19.4 Å². The van der Waals surface area contributed by atoms with Crippen molar-refractivity contribution in [2.45, 2.75) is 32.2 Å². The van der Waals surface area contributed by atoms with Gasteiger partial charge in [-0.05, 0) is 25.3 Å². The Balaban J connectivity index is 1.59. The summed E-state index contributed by atoms with van der Waals surface area (Å²) in [5.41, 5.74) is 1.29. The molecule has 2 saturated heterocycles. The van der Waals surface area contributed by atoms with Crippen LogP contribution in [0, 0.1) is 17.0 Å². The number of hydrogen-bond acceptors (Lipinski definition) is 4. The molecule has 3 rings (SSSR count). The molecule has 0 spiro atoms. The number of nitrogens with zero attached hydrogens (tertiary/aromatic N) is 3. The van der Waals surface area contributed by atoms with E-state index in [9.17, 15) is 19.7 Å². The minimum Gasteiger partial charge on any atom is -0.342 e. The van der Waals surface area contributed by atoms with Crippen molar-refractivity contribution < 1.29 is 14.5 Å². The molecule has 0 saturated carbocycles. The summed E-state index contributed by atoms with van der Waals surface area (Å²) < 4.78 is 0. The summed E-state index contributed by atoms with van der Waals surface area (Å²) in [4.78, 5) is 38.5. The highest BCUT2D eigenvalue weighted by Gasteiger charge is 2.32. The smallest absolute Gasteiger partial charge is 0.317 e. The zero-order valence-corrected chi connectivity index (χ0v) is 14.2. The maximum atomic E-state index is 12.6. The van der Waals surface area contributed by atoms with E-state index in [0.29, 0.717) is 30.8 Å². The number of nitro groups is 1. The number of nitro benzene ring substituents is 1. The van der Waals surface area contributed by atoms with Crippen LogP contribution in [0.4, 0.5) is 10.5 Å². The van der Waals surface area contributed by atoms with Crippen molar-refractivity contribution >= 4 is 17.6 Å². The van der Waals surface area contributed by atoms with Gasteiger partial charge in [-0.1, -0.05) is 12.1 Å². The first-order valence-electron chi connectivity index (χ1n) is 8.52. The van der Waals surface area contributed by atoms with Crippen LogP contribution in [0.2, 0.25) is 0 Å². The fourth-order valence-electron chi connectivity index (χ4n) is 3.60. The summed E-state index contributed by atoms with van der Waals surface area (Å²) in [7, 11) is 0. The summed E-state index contributed by atoms with van der Waals surface area (Å²) in [5, 5.41) is 13.8. The molecule has 3 amide bonds. The van der Waals surface area contributed by atoms with Gasteiger partial charge in [-0.25, -0.2) is 4.79 Å². The Morgan fingerprint density at radius 3 is 2.64 bits per heavy atom. The lowest BCUT2D eigenvalue weighted by molar-refractivity contribution is -0.385. The normalized spacial score (nSPS) is 18.4. The lowest BCUT2D eigenvalue weighted by Gasteiger charge is -2.36. The summed E-state index contributed by atoms with van der Waals surface area (Å²) in [5.74, 6) is -0.0204. The molecule has 1 N–H and O–H groups in total. The van der Waals surface area contributed by atoms with Crippen LogP contribution in [0.1, 0.15) is 24.0 Å². The summed E-state index contributed by atoms with van der Waals surface area (Å²) in [6.45, 7) is 4.32. The van der Waals surface area contributed by atoms with Crippen LogP contribution in [-0.2, 0) is 11.2 Å². The van der Waals surface area contributed by atoms with Crippen LogP contribution in [0.3, 0.4) is 0 Å². The first-order chi connectivity index (χ1) is 12.0. The first kappa shape index (κ1) is 17.2. The van der Waals surface area contributed by atoms with Gasteiger partial charge >= 0.3 is 6.03 Å². The first-order valence-corrected chi connectivity index (χ1v) is 8.52. The number of carbonyl (C=O) groups excluding carboxylic acids is 2. The topological polar surface area (TPSA) is 95.8 Å². The third kappa shape index (κ3) is 3.57. The second-order valence-electron chi connectivity index (χ2n) is 6.53. The van der Waals surface area contributed by atoms with Crippen LogP contribution in [-0.4, -0.2) is 58.9 Å². The number of benzene rings is 1. The van der Waals surface area contributed by atoms with Gasteiger partial charge in [-0.2, -0.15) is 0 Å². The van der Waals surface area contributed by atoms with E-state index in [4.69, 9.17) is 0 Å². The number of carbonyl (C=O) groups is 2. The Morgan fingerprint density at radius 2 is 2.04 bits per heavy atom. The molecule has 0 radical (unpaired) electrons. The van der Waals surface area contributed by atoms with Crippen molar-refractivity contribution in [3.63, 3.8) is 0 Å². The Hall–Kier alpha value is -2.64. The molecule has 2 aliphatic heterocycles. The molecule has 134 valence electrons. The predicted molar refractivity (Wildman–Crippen MR) is 91.2 cm³/mol. The summed E-state index contributed by atoms with van der Waals surface area (Å²) >= 11 is 0. The molecular formula is C17H22N4O4.